The van der Waals surface area contributed by atoms with Gasteiger partial charge in [-0.1, -0.05) is 6.92 Å². The summed E-state index contributed by atoms with van der Waals surface area (Å²) in [4.78, 5) is 19.2. The summed E-state index contributed by atoms with van der Waals surface area (Å²) in [6, 6.07) is 2.58. The number of aryl methyl sites for hydroxylation is 1. The van der Waals surface area contributed by atoms with Crippen molar-refractivity contribution in [3.8, 4) is 0 Å². The van der Waals surface area contributed by atoms with Crippen LogP contribution >= 0.6 is 0 Å². The Morgan fingerprint density at radius 2 is 2.33 bits per heavy atom. The molecule has 2 aromatic rings. The molecule has 2 heterocycles. The highest BCUT2D eigenvalue weighted by atomic mass is 19.1. The van der Waals surface area contributed by atoms with Gasteiger partial charge in [0.15, 0.2) is 0 Å². The molecule has 94 valence electrons. The predicted molar refractivity (Wildman–Crippen MR) is 62.5 cm³/mol. The third-order valence-corrected chi connectivity index (χ3v) is 2.21. The maximum absolute atomic E-state index is 12.6. The van der Waals surface area contributed by atoms with Crippen molar-refractivity contribution in [2.24, 2.45) is 0 Å². The first-order valence-corrected chi connectivity index (χ1v) is 5.53. The monoisotopic (exact) mass is 249 g/mol. The Hall–Kier alpha value is -2.31. The van der Waals surface area contributed by atoms with E-state index in [1.807, 2.05) is 6.92 Å². The van der Waals surface area contributed by atoms with Gasteiger partial charge in [0.05, 0.1) is 11.9 Å². The van der Waals surface area contributed by atoms with Gasteiger partial charge in [-0.25, -0.2) is 9.97 Å². The van der Waals surface area contributed by atoms with Crippen molar-refractivity contribution in [3.63, 3.8) is 0 Å². The number of hydrogen-bond donors (Lipinski definition) is 2. The Kier molecular flexibility index (Phi) is 3.61. The predicted octanol–water partition coefficient (Wildman–Crippen LogP) is 1.54. The maximum atomic E-state index is 12.6. The second kappa shape index (κ2) is 5.35. The number of aromatic nitrogens is 4. The zero-order chi connectivity index (χ0) is 13.0. The lowest BCUT2D eigenvalue weighted by molar-refractivity contribution is 0.101. The summed E-state index contributed by atoms with van der Waals surface area (Å²) < 4.78 is 12.6. The lowest BCUT2D eigenvalue weighted by Gasteiger charge is -2.00. The zero-order valence-corrected chi connectivity index (χ0v) is 9.77. The largest absolute Gasteiger partial charge is 0.318 e. The fourth-order valence-corrected chi connectivity index (χ4v) is 1.38. The van der Waals surface area contributed by atoms with Crippen molar-refractivity contribution in [2.45, 2.75) is 19.8 Å². The van der Waals surface area contributed by atoms with Crippen molar-refractivity contribution in [3.05, 3.63) is 35.9 Å². The molecule has 1 amide bonds. The van der Waals surface area contributed by atoms with Crippen LogP contribution in [0.2, 0.25) is 0 Å². The van der Waals surface area contributed by atoms with Crippen molar-refractivity contribution in [1.29, 1.82) is 0 Å². The Morgan fingerprint density at radius 3 is 3.00 bits per heavy atom. The minimum absolute atomic E-state index is 0.0581. The first-order valence-electron chi connectivity index (χ1n) is 5.53. The number of nitrogens with one attached hydrogen (secondary N) is 2. The number of aromatic amines is 1. The number of anilines is 1. The second-order valence-corrected chi connectivity index (χ2v) is 3.68. The molecule has 6 nitrogen and oxygen atoms in total. The van der Waals surface area contributed by atoms with Gasteiger partial charge >= 0.3 is 0 Å². The Labute approximate surface area is 103 Å². The topological polar surface area (TPSA) is 83.6 Å². The molecule has 0 aromatic carbocycles. The normalized spacial score (nSPS) is 10.3. The molecule has 0 fully saturated rings. The minimum atomic E-state index is -0.601. The number of pyridine rings is 1. The van der Waals surface area contributed by atoms with Crippen LogP contribution in [0.25, 0.3) is 0 Å². The number of carbonyl (C=O) groups is 1. The van der Waals surface area contributed by atoms with Crippen LogP contribution < -0.4 is 5.32 Å². The van der Waals surface area contributed by atoms with Gasteiger partial charge in [0.2, 0.25) is 11.8 Å². The van der Waals surface area contributed by atoms with E-state index >= 15 is 0 Å². The molecule has 0 aliphatic heterocycles. The minimum Gasteiger partial charge on any atom is -0.318 e. The molecule has 0 atom stereocenters. The lowest BCUT2D eigenvalue weighted by Crippen LogP contribution is -2.14. The number of hydrogen-bond acceptors (Lipinski definition) is 4. The van der Waals surface area contributed by atoms with Crippen LogP contribution in [0.4, 0.5) is 10.1 Å². The third-order valence-electron chi connectivity index (χ3n) is 2.21. The Bertz CT molecular complexity index is 537. The van der Waals surface area contributed by atoms with Crippen molar-refractivity contribution in [2.75, 3.05) is 5.32 Å². The standard InChI is InChI=1S/C11H12FN5O/c1-2-3-9-15-10(17-16-9)11(18)14-7-4-5-8(12)13-6-7/h4-6H,2-3H2,1H3,(H,14,18)(H,15,16,17). The highest BCUT2D eigenvalue weighted by Crippen LogP contribution is 2.06. The summed E-state index contributed by atoms with van der Waals surface area (Å²) in [5.74, 6) is -0.333. The highest BCUT2D eigenvalue weighted by molar-refractivity contribution is 6.01. The average Bonchev–Trinajstić information content (AvgIpc) is 2.81. The summed E-state index contributed by atoms with van der Waals surface area (Å²) in [7, 11) is 0. The fraction of sp³-hybridized carbons (Fsp3) is 0.273. The van der Waals surface area contributed by atoms with Crippen LogP contribution in [0.1, 0.15) is 29.8 Å². The number of halogens is 1. The highest BCUT2D eigenvalue weighted by Gasteiger charge is 2.12. The van der Waals surface area contributed by atoms with Crippen LogP contribution in [-0.2, 0) is 6.42 Å². The maximum Gasteiger partial charge on any atom is 0.295 e. The molecule has 0 saturated heterocycles. The molecule has 7 heteroatoms. The molecule has 18 heavy (non-hydrogen) atoms. The van der Waals surface area contributed by atoms with Gasteiger partial charge < -0.3 is 5.32 Å². The van der Waals surface area contributed by atoms with Gasteiger partial charge in [-0.3, -0.25) is 9.89 Å². The first-order chi connectivity index (χ1) is 8.69. The molecule has 2 N–H and O–H groups in total. The summed E-state index contributed by atoms with van der Waals surface area (Å²) in [6.07, 6.45) is 2.88. The van der Waals surface area contributed by atoms with E-state index in [9.17, 15) is 9.18 Å². The van der Waals surface area contributed by atoms with Gasteiger partial charge in [-0.15, -0.1) is 5.10 Å². The van der Waals surface area contributed by atoms with Gasteiger partial charge in [0.1, 0.15) is 5.82 Å². The van der Waals surface area contributed by atoms with Gasteiger partial charge in [0.25, 0.3) is 5.91 Å². The number of H-pyrrole nitrogens is 1. The quantitative estimate of drug-likeness (QED) is 0.805. The van der Waals surface area contributed by atoms with Crippen LogP contribution in [0.3, 0.4) is 0 Å². The van der Waals surface area contributed by atoms with E-state index in [4.69, 9.17) is 0 Å². The van der Waals surface area contributed by atoms with E-state index in [-0.39, 0.29) is 5.82 Å². The van der Waals surface area contributed by atoms with Crippen LogP contribution in [0, 0.1) is 5.95 Å². The Balaban J connectivity index is 2.04. The summed E-state index contributed by atoms with van der Waals surface area (Å²) in [5.41, 5.74) is 0.392. The van der Waals surface area contributed by atoms with Crippen molar-refractivity contribution >= 4 is 11.6 Å². The molecule has 0 radical (unpaired) electrons. The summed E-state index contributed by atoms with van der Waals surface area (Å²) in [6.45, 7) is 2.01. The molecular weight excluding hydrogens is 237 g/mol. The van der Waals surface area contributed by atoms with Gasteiger partial charge in [-0.2, -0.15) is 4.39 Å². The Morgan fingerprint density at radius 1 is 1.50 bits per heavy atom. The number of rotatable bonds is 4. The molecule has 0 aliphatic carbocycles. The summed E-state index contributed by atoms with van der Waals surface area (Å²) >= 11 is 0. The molecule has 0 unspecified atom stereocenters. The van der Waals surface area contributed by atoms with Crippen molar-refractivity contribution < 1.29 is 9.18 Å². The van der Waals surface area contributed by atoms with Crippen LogP contribution in [0.5, 0.6) is 0 Å². The van der Waals surface area contributed by atoms with E-state index in [0.717, 1.165) is 18.9 Å². The van der Waals surface area contributed by atoms with Gasteiger partial charge in [-0.05, 0) is 18.6 Å². The molecule has 0 spiro atoms. The summed E-state index contributed by atoms with van der Waals surface area (Å²) in [5, 5.41) is 9.02. The van der Waals surface area contributed by atoms with E-state index in [1.165, 1.54) is 12.3 Å². The number of carbonyl (C=O) groups excluding carboxylic acids is 1. The van der Waals surface area contributed by atoms with E-state index < -0.39 is 11.9 Å². The van der Waals surface area contributed by atoms with Crippen LogP contribution in [0.15, 0.2) is 18.3 Å². The van der Waals surface area contributed by atoms with E-state index in [0.29, 0.717) is 11.5 Å². The number of amides is 1. The van der Waals surface area contributed by atoms with Crippen molar-refractivity contribution in [1.82, 2.24) is 20.2 Å². The molecular formula is C11H12FN5O. The SMILES string of the molecule is CCCc1nc(C(=O)Nc2ccc(F)nc2)n[nH]1. The average molecular weight is 249 g/mol. The molecule has 0 bridgehead atoms. The van der Waals surface area contributed by atoms with Gasteiger partial charge in [0, 0.05) is 6.42 Å². The third kappa shape index (κ3) is 2.88. The second-order valence-electron chi connectivity index (χ2n) is 3.68. The number of nitrogens with zero attached hydrogens (tertiary/aromatic N) is 3. The van der Waals surface area contributed by atoms with Crippen LogP contribution in [-0.4, -0.2) is 26.1 Å². The van der Waals surface area contributed by atoms with E-state index in [2.05, 4.69) is 25.5 Å². The molecule has 2 aromatic heterocycles. The first kappa shape index (κ1) is 12.2. The fourth-order valence-electron chi connectivity index (χ4n) is 1.38. The molecule has 0 saturated carbocycles. The van der Waals surface area contributed by atoms with E-state index in [1.54, 1.807) is 0 Å². The molecule has 0 aliphatic rings. The zero-order valence-electron chi connectivity index (χ0n) is 9.77. The smallest absolute Gasteiger partial charge is 0.295 e. The lowest BCUT2D eigenvalue weighted by atomic mass is 10.3. The molecule has 2 rings (SSSR count).